The van der Waals surface area contributed by atoms with Gasteiger partial charge in [0.05, 0.1) is 12.7 Å². The van der Waals surface area contributed by atoms with Crippen LogP contribution in [0.4, 0.5) is 4.79 Å². The van der Waals surface area contributed by atoms with Crippen molar-refractivity contribution in [3.63, 3.8) is 0 Å². The van der Waals surface area contributed by atoms with Gasteiger partial charge in [0.2, 0.25) is 0 Å². The van der Waals surface area contributed by atoms with Crippen LogP contribution in [0.2, 0.25) is 0 Å². The van der Waals surface area contributed by atoms with E-state index in [-0.39, 0.29) is 6.03 Å². The minimum atomic E-state index is -0.406. The Bertz CT molecular complexity index is 447. The van der Waals surface area contributed by atoms with Gasteiger partial charge in [-0.05, 0) is 38.3 Å². The van der Waals surface area contributed by atoms with Crippen molar-refractivity contribution in [1.29, 1.82) is 0 Å². The van der Waals surface area contributed by atoms with Crippen molar-refractivity contribution >= 4 is 6.03 Å². The molecule has 0 heterocycles. The topological polar surface area (TPSA) is 70.6 Å². The van der Waals surface area contributed by atoms with Gasteiger partial charge in [-0.25, -0.2) is 4.79 Å². The Hall–Kier alpha value is -1.75. The number of aryl methyl sites for hydroxylation is 1. The monoisotopic (exact) mass is 294 g/mol. The molecular formula is C16H26N2O3. The van der Waals surface area contributed by atoms with E-state index in [0.717, 1.165) is 23.3 Å². The van der Waals surface area contributed by atoms with Crippen molar-refractivity contribution in [2.45, 2.75) is 46.3 Å². The second-order valence-electron chi connectivity index (χ2n) is 5.21. The molecule has 0 aromatic heterocycles. The summed E-state index contributed by atoms with van der Waals surface area (Å²) in [5, 5.41) is 14.6. The first-order chi connectivity index (χ1) is 10.0. The minimum absolute atomic E-state index is 0.238. The summed E-state index contributed by atoms with van der Waals surface area (Å²) >= 11 is 0. The molecule has 0 aliphatic rings. The largest absolute Gasteiger partial charge is 0.493 e. The smallest absolute Gasteiger partial charge is 0.315 e. The van der Waals surface area contributed by atoms with Crippen molar-refractivity contribution in [3.05, 3.63) is 29.3 Å². The molecule has 1 aromatic carbocycles. The summed E-state index contributed by atoms with van der Waals surface area (Å²) in [6.45, 7) is 7.30. The van der Waals surface area contributed by atoms with E-state index in [4.69, 9.17) is 9.84 Å². The lowest BCUT2D eigenvalue weighted by molar-refractivity contribution is 0.183. The molecule has 0 saturated heterocycles. The summed E-state index contributed by atoms with van der Waals surface area (Å²) < 4.78 is 5.71. The first-order valence-electron chi connectivity index (χ1n) is 7.45. The van der Waals surface area contributed by atoms with E-state index in [1.807, 2.05) is 25.1 Å². The van der Waals surface area contributed by atoms with Gasteiger partial charge in [-0.2, -0.15) is 0 Å². The van der Waals surface area contributed by atoms with Gasteiger partial charge in [-0.3, -0.25) is 0 Å². The van der Waals surface area contributed by atoms with Crippen molar-refractivity contribution < 1.29 is 14.6 Å². The number of benzene rings is 1. The van der Waals surface area contributed by atoms with E-state index in [9.17, 15) is 4.79 Å². The maximum Gasteiger partial charge on any atom is 0.315 e. The average molecular weight is 294 g/mol. The van der Waals surface area contributed by atoms with Crippen LogP contribution in [-0.2, 0) is 6.54 Å². The third kappa shape index (κ3) is 6.99. The molecule has 5 heteroatoms. The maximum absolute atomic E-state index is 11.6. The molecule has 3 N–H and O–H groups in total. The van der Waals surface area contributed by atoms with Crippen LogP contribution in [0.25, 0.3) is 0 Å². The third-order valence-electron chi connectivity index (χ3n) is 2.97. The number of aliphatic hydroxyl groups is 1. The number of hydrogen-bond donors (Lipinski definition) is 3. The summed E-state index contributed by atoms with van der Waals surface area (Å²) in [5.74, 6) is 0.820. The van der Waals surface area contributed by atoms with Gasteiger partial charge >= 0.3 is 6.03 Å². The van der Waals surface area contributed by atoms with Crippen LogP contribution >= 0.6 is 0 Å². The summed E-state index contributed by atoms with van der Waals surface area (Å²) in [6, 6.07) is 5.72. The number of ether oxygens (including phenoxy) is 1. The first kappa shape index (κ1) is 17.3. The molecule has 1 rings (SSSR count). The molecule has 0 aliphatic carbocycles. The van der Waals surface area contributed by atoms with Gasteiger partial charge in [-0.1, -0.05) is 19.1 Å². The fraction of sp³-hybridized carbons (Fsp3) is 0.562. The lowest BCUT2D eigenvalue weighted by Crippen LogP contribution is -2.36. The average Bonchev–Trinajstić information content (AvgIpc) is 2.43. The van der Waals surface area contributed by atoms with E-state index in [1.165, 1.54) is 0 Å². The van der Waals surface area contributed by atoms with Crippen LogP contribution in [0.1, 0.15) is 37.8 Å². The Kier molecular flexibility index (Phi) is 7.61. The number of amides is 2. The van der Waals surface area contributed by atoms with Crippen LogP contribution in [0.3, 0.4) is 0 Å². The Labute approximate surface area is 126 Å². The molecule has 118 valence electrons. The molecule has 0 bridgehead atoms. The second kappa shape index (κ2) is 9.23. The minimum Gasteiger partial charge on any atom is -0.493 e. The van der Waals surface area contributed by atoms with Crippen LogP contribution in [0.5, 0.6) is 5.75 Å². The Balaban J connectivity index is 2.48. The van der Waals surface area contributed by atoms with Gasteiger partial charge < -0.3 is 20.5 Å². The fourth-order valence-electron chi connectivity index (χ4n) is 1.79. The number of nitrogens with one attached hydrogen (secondary N) is 2. The molecule has 0 aliphatic heterocycles. The SMILES string of the molecule is CCCOc1cc(C)ccc1CNC(=O)NCCC(C)O. The van der Waals surface area contributed by atoms with Gasteiger partial charge in [-0.15, -0.1) is 0 Å². The predicted molar refractivity (Wildman–Crippen MR) is 83.5 cm³/mol. The molecule has 2 amide bonds. The fourth-order valence-corrected chi connectivity index (χ4v) is 1.79. The van der Waals surface area contributed by atoms with E-state index >= 15 is 0 Å². The molecular weight excluding hydrogens is 268 g/mol. The predicted octanol–water partition coefficient (Wildman–Crippen LogP) is 2.35. The first-order valence-corrected chi connectivity index (χ1v) is 7.45. The quantitative estimate of drug-likeness (QED) is 0.689. The summed E-state index contributed by atoms with van der Waals surface area (Å²) in [4.78, 5) is 11.6. The van der Waals surface area contributed by atoms with Gasteiger partial charge in [0.15, 0.2) is 0 Å². The second-order valence-corrected chi connectivity index (χ2v) is 5.21. The Morgan fingerprint density at radius 1 is 1.38 bits per heavy atom. The van der Waals surface area contributed by atoms with E-state index in [0.29, 0.717) is 26.1 Å². The summed E-state index contributed by atoms with van der Waals surface area (Å²) in [5.41, 5.74) is 2.09. The summed E-state index contributed by atoms with van der Waals surface area (Å²) in [7, 11) is 0. The standard InChI is InChI=1S/C16H26N2O3/c1-4-9-21-15-10-12(2)5-6-14(15)11-18-16(20)17-8-7-13(3)19/h5-6,10,13,19H,4,7-9,11H2,1-3H3,(H2,17,18,20). The molecule has 0 saturated carbocycles. The number of carbonyl (C=O) groups excluding carboxylic acids is 1. The highest BCUT2D eigenvalue weighted by molar-refractivity contribution is 5.73. The van der Waals surface area contributed by atoms with Crippen molar-refractivity contribution in [1.82, 2.24) is 10.6 Å². The molecule has 1 atom stereocenters. The van der Waals surface area contributed by atoms with Crippen LogP contribution in [-0.4, -0.2) is 30.4 Å². The molecule has 5 nitrogen and oxygen atoms in total. The highest BCUT2D eigenvalue weighted by atomic mass is 16.5. The van der Waals surface area contributed by atoms with Gasteiger partial charge in [0.1, 0.15) is 5.75 Å². The third-order valence-corrected chi connectivity index (χ3v) is 2.97. The Morgan fingerprint density at radius 3 is 2.81 bits per heavy atom. The highest BCUT2D eigenvalue weighted by Gasteiger charge is 2.06. The van der Waals surface area contributed by atoms with Crippen molar-refractivity contribution in [2.24, 2.45) is 0 Å². The molecule has 1 unspecified atom stereocenters. The zero-order valence-corrected chi connectivity index (χ0v) is 13.1. The number of aliphatic hydroxyl groups excluding tert-OH is 1. The number of carbonyl (C=O) groups is 1. The van der Waals surface area contributed by atoms with Crippen LogP contribution in [0, 0.1) is 6.92 Å². The zero-order chi connectivity index (χ0) is 15.7. The van der Waals surface area contributed by atoms with Crippen LogP contribution in [0.15, 0.2) is 18.2 Å². The van der Waals surface area contributed by atoms with Crippen molar-refractivity contribution in [3.8, 4) is 5.75 Å². The van der Waals surface area contributed by atoms with Crippen molar-refractivity contribution in [2.75, 3.05) is 13.2 Å². The molecule has 0 radical (unpaired) electrons. The lowest BCUT2D eigenvalue weighted by atomic mass is 10.1. The number of rotatable bonds is 8. The van der Waals surface area contributed by atoms with E-state index < -0.39 is 6.10 Å². The van der Waals surface area contributed by atoms with Gasteiger partial charge in [0, 0.05) is 18.7 Å². The number of hydrogen-bond acceptors (Lipinski definition) is 3. The Morgan fingerprint density at radius 2 is 2.14 bits per heavy atom. The maximum atomic E-state index is 11.6. The molecule has 21 heavy (non-hydrogen) atoms. The summed E-state index contributed by atoms with van der Waals surface area (Å²) in [6.07, 6.45) is 1.08. The molecule has 0 spiro atoms. The lowest BCUT2D eigenvalue weighted by Gasteiger charge is -2.13. The molecule has 1 aromatic rings. The normalized spacial score (nSPS) is 11.8. The zero-order valence-electron chi connectivity index (χ0n) is 13.1. The van der Waals surface area contributed by atoms with Gasteiger partial charge in [0.25, 0.3) is 0 Å². The number of urea groups is 1. The van der Waals surface area contributed by atoms with E-state index in [2.05, 4.69) is 17.6 Å². The van der Waals surface area contributed by atoms with E-state index in [1.54, 1.807) is 6.92 Å². The molecule has 0 fully saturated rings. The van der Waals surface area contributed by atoms with Crippen LogP contribution < -0.4 is 15.4 Å². The highest BCUT2D eigenvalue weighted by Crippen LogP contribution is 2.20.